The first-order valence-electron chi connectivity index (χ1n) is 4.46. The van der Waals surface area contributed by atoms with Gasteiger partial charge in [0.05, 0.1) is 5.33 Å². The molecular weight excluding hydrogens is 254 g/mol. The summed E-state index contributed by atoms with van der Waals surface area (Å²) in [5.41, 5.74) is 2.57. The molecule has 0 aliphatic carbocycles. The topological polar surface area (TPSA) is 32.9 Å². The fourth-order valence-corrected chi connectivity index (χ4v) is 1.60. The molecule has 0 amide bonds. The lowest BCUT2D eigenvalue weighted by atomic mass is 10.1. The van der Waals surface area contributed by atoms with Gasteiger partial charge in [-0.1, -0.05) is 33.8 Å². The van der Waals surface area contributed by atoms with Crippen molar-refractivity contribution in [2.45, 2.75) is 0 Å². The van der Waals surface area contributed by atoms with Crippen LogP contribution in [0.25, 0.3) is 10.9 Å². The monoisotopic (exact) mass is 261 g/mol. The second-order valence-electron chi connectivity index (χ2n) is 3.06. The van der Waals surface area contributed by atoms with Crippen LogP contribution < -0.4 is 0 Å². The number of nitrogens with one attached hydrogen (secondary N) is 1. The number of carbonyl (C=O) groups excluding carboxylic acids is 1. The van der Waals surface area contributed by atoms with E-state index in [0.717, 1.165) is 22.8 Å². The Labute approximate surface area is 95.8 Å². The molecule has 2 aromatic rings. The van der Waals surface area contributed by atoms with Gasteiger partial charge in [0.2, 0.25) is 0 Å². The van der Waals surface area contributed by atoms with Crippen molar-refractivity contribution in [3.63, 3.8) is 0 Å². The third-order valence-corrected chi connectivity index (χ3v) is 2.42. The van der Waals surface area contributed by atoms with Crippen LogP contribution in [0.1, 0.15) is 15.9 Å². The molecule has 0 saturated carbocycles. The van der Waals surface area contributed by atoms with Crippen molar-refractivity contribution in [3.8, 4) is 11.8 Å². The number of carbonyl (C=O) groups is 1. The predicted molar refractivity (Wildman–Crippen MR) is 64.4 cm³/mol. The van der Waals surface area contributed by atoms with Gasteiger partial charge in [0.15, 0.2) is 6.29 Å². The summed E-state index contributed by atoms with van der Waals surface area (Å²) < 4.78 is 0. The fraction of sp³-hybridized carbons (Fsp3) is 0.0833. The lowest BCUT2D eigenvalue weighted by Gasteiger charge is -1.92. The van der Waals surface area contributed by atoms with Crippen LogP contribution in [0, 0.1) is 11.8 Å². The van der Waals surface area contributed by atoms with Crippen molar-refractivity contribution in [3.05, 3.63) is 35.5 Å². The number of hydrogen-bond donors (Lipinski definition) is 1. The molecule has 2 rings (SSSR count). The minimum Gasteiger partial charge on any atom is -0.360 e. The van der Waals surface area contributed by atoms with E-state index in [4.69, 9.17) is 0 Å². The smallest absolute Gasteiger partial charge is 0.152 e. The molecule has 0 saturated heterocycles. The first kappa shape index (κ1) is 10.0. The second kappa shape index (κ2) is 4.33. The Balaban J connectivity index is 2.53. The number of benzene rings is 1. The van der Waals surface area contributed by atoms with Crippen molar-refractivity contribution >= 4 is 33.1 Å². The molecule has 1 aromatic heterocycles. The van der Waals surface area contributed by atoms with Gasteiger partial charge in [-0.3, -0.25) is 4.79 Å². The second-order valence-corrected chi connectivity index (χ2v) is 3.62. The van der Waals surface area contributed by atoms with Gasteiger partial charge >= 0.3 is 0 Å². The summed E-state index contributed by atoms with van der Waals surface area (Å²) in [6, 6.07) is 5.77. The van der Waals surface area contributed by atoms with E-state index >= 15 is 0 Å². The summed E-state index contributed by atoms with van der Waals surface area (Å²) in [6.07, 6.45) is 2.56. The van der Waals surface area contributed by atoms with Crippen molar-refractivity contribution < 1.29 is 4.79 Å². The molecule has 0 spiro atoms. The van der Waals surface area contributed by atoms with E-state index in [9.17, 15) is 4.79 Å². The minimum absolute atomic E-state index is 0.662. The zero-order chi connectivity index (χ0) is 10.7. The molecule has 0 aliphatic rings. The fourth-order valence-electron chi connectivity index (χ4n) is 1.46. The first-order chi connectivity index (χ1) is 7.35. The summed E-state index contributed by atoms with van der Waals surface area (Å²) in [4.78, 5) is 13.7. The zero-order valence-electron chi connectivity index (χ0n) is 7.88. The van der Waals surface area contributed by atoms with Gasteiger partial charge in [-0.05, 0) is 12.1 Å². The third-order valence-electron chi connectivity index (χ3n) is 2.14. The molecule has 0 fully saturated rings. The molecule has 0 bridgehead atoms. The highest BCUT2D eigenvalue weighted by Crippen LogP contribution is 2.17. The Morgan fingerprint density at radius 1 is 1.47 bits per heavy atom. The van der Waals surface area contributed by atoms with Crippen LogP contribution in [-0.4, -0.2) is 16.6 Å². The highest BCUT2D eigenvalue weighted by Gasteiger charge is 2.01. The minimum atomic E-state index is 0.662. The summed E-state index contributed by atoms with van der Waals surface area (Å²) in [5.74, 6) is 5.94. The Morgan fingerprint density at radius 3 is 3.07 bits per heavy atom. The van der Waals surface area contributed by atoms with Gasteiger partial charge in [-0.15, -0.1) is 0 Å². The van der Waals surface area contributed by atoms with E-state index in [1.54, 1.807) is 6.20 Å². The largest absolute Gasteiger partial charge is 0.360 e. The van der Waals surface area contributed by atoms with Crippen molar-refractivity contribution in [1.82, 2.24) is 4.98 Å². The summed E-state index contributed by atoms with van der Waals surface area (Å²) in [6.45, 7) is 0. The molecule has 0 aliphatic heterocycles. The molecular formula is C12H8BrNO. The van der Waals surface area contributed by atoms with Crippen molar-refractivity contribution in [2.75, 3.05) is 5.33 Å². The summed E-state index contributed by atoms with van der Waals surface area (Å²) in [5, 5.41) is 1.60. The lowest BCUT2D eigenvalue weighted by Crippen LogP contribution is -1.77. The first-order valence-corrected chi connectivity index (χ1v) is 5.58. The molecule has 3 heteroatoms. The van der Waals surface area contributed by atoms with E-state index in [0.29, 0.717) is 10.9 Å². The number of H-pyrrole nitrogens is 1. The predicted octanol–water partition coefficient (Wildman–Crippen LogP) is 2.73. The van der Waals surface area contributed by atoms with Crippen LogP contribution in [0.5, 0.6) is 0 Å². The molecule has 1 aromatic carbocycles. The summed E-state index contributed by atoms with van der Waals surface area (Å²) in [7, 11) is 0. The van der Waals surface area contributed by atoms with E-state index in [-0.39, 0.29) is 0 Å². The van der Waals surface area contributed by atoms with Crippen LogP contribution in [-0.2, 0) is 0 Å². The molecule has 1 N–H and O–H groups in total. The highest BCUT2D eigenvalue weighted by atomic mass is 79.9. The van der Waals surface area contributed by atoms with Gasteiger partial charge in [-0.2, -0.15) is 0 Å². The maximum absolute atomic E-state index is 10.7. The molecule has 2 nitrogen and oxygen atoms in total. The Hall–Kier alpha value is -1.53. The number of hydrogen-bond acceptors (Lipinski definition) is 1. The van der Waals surface area contributed by atoms with Crippen LogP contribution in [0.2, 0.25) is 0 Å². The van der Waals surface area contributed by atoms with E-state index in [2.05, 4.69) is 32.8 Å². The number of aldehydes is 1. The van der Waals surface area contributed by atoms with Crippen molar-refractivity contribution in [1.29, 1.82) is 0 Å². The number of aromatic amines is 1. The molecule has 74 valence electrons. The van der Waals surface area contributed by atoms with E-state index < -0.39 is 0 Å². The number of aromatic nitrogens is 1. The van der Waals surface area contributed by atoms with Gasteiger partial charge in [-0.25, -0.2) is 0 Å². The normalized spacial score (nSPS) is 9.67. The Kier molecular flexibility index (Phi) is 2.89. The SMILES string of the molecule is O=Cc1c[nH]c2cc(C#CCBr)ccc12. The maximum atomic E-state index is 10.7. The number of alkyl halides is 1. The zero-order valence-corrected chi connectivity index (χ0v) is 9.47. The molecule has 0 radical (unpaired) electrons. The molecule has 15 heavy (non-hydrogen) atoms. The van der Waals surface area contributed by atoms with Gasteiger partial charge in [0, 0.05) is 28.2 Å². The number of fused-ring (bicyclic) bond motifs is 1. The Morgan fingerprint density at radius 2 is 2.33 bits per heavy atom. The van der Waals surface area contributed by atoms with E-state index in [1.807, 2.05) is 18.2 Å². The van der Waals surface area contributed by atoms with Gasteiger partial charge in [0.1, 0.15) is 0 Å². The van der Waals surface area contributed by atoms with Gasteiger partial charge < -0.3 is 4.98 Å². The molecule has 0 atom stereocenters. The molecule has 1 heterocycles. The maximum Gasteiger partial charge on any atom is 0.152 e. The van der Waals surface area contributed by atoms with Crippen LogP contribution in [0.4, 0.5) is 0 Å². The Bertz CT molecular complexity index is 560. The standard InChI is InChI=1S/C12H8BrNO/c13-5-1-2-9-3-4-11-10(8-15)7-14-12(11)6-9/h3-4,6-8,14H,5H2. The van der Waals surface area contributed by atoms with Crippen LogP contribution >= 0.6 is 15.9 Å². The van der Waals surface area contributed by atoms with Crippen molar-refractivity contribution in [2.24, 2.45) is 0 Å². The van der Waals surface area contributed by atoms with Gasteiger partial charge in [0.25, 0.3) is 0 Å². The van der Waals surface area contributed by atoms with E-state index in [1.165, 1.54) is 0 Å². The van der Waals surface area contributed by atoms with Crippen LogP contribution in [0.15, 0.2) is 24.4 Å². The quantitative estimate of drug-likeness (QED) is 0.478. The average molecular weight is 262 g/mol. The number of rotatable bonds is 1. The lowest BCUT2D eigenvalue weighted by molar-refractivity contribution is 0.112. The summed E-state index contributed by atoms with van der Waals surface area (Å²) >= 11 is 3.24. The highest BCUT2D eigenvalue weighted by molar-refractivity contribution is 9.09. The molecule has 0 unspecified atom stereocenters. The third kappa shape index (κ3) is 1.95. The number of halogens is 1. The average Bonchev–Trinajstić information content (AvgIpc) is 2.68. The van der Waals surface area contributed by atoms with Crippen LogP contribution in [0.3, 0.4) is 0 Å².